The van der Waals surface area contributed by atoms with Gasteiger partial charge in [-0.2, -0.15) is 4.99 Å². The van der Waals surface area contributed by atoms with Crippen LogP contribution in [0.25, 0.3) is 17.5 Å². The summed E-state index contributed by atoms with van der Waals surface area (Å²) in [5, 5.41) is 11.3. The molecule has 2 aromatic carbocycles. The summed E-state index contributed by atoms with van der Waals surface area (Å²) in [6.45, 7) is 6.63. The van der Waals surface area contributed by atoms with E-state index >= 15 is 0 Å². The van der Waals surface area contributed by atoms with Gasteiger partial charge in [0.05, 0.1) is 17.9 Å². The zero-order chi connectivity index (χ0) is 23.8. The van der Waals surface area contributed by atoms with E-state index in [0.29, 0.717) is 11.8 Å². The number of ether oxygens (including phenoxy) is 1. The van der Waals surface area contributed by atoms with Gasteiger partial charge in [0.1, 0.15) is 11.6 Å². The molecular weight excluding hydrogens is 444 g/mol. The highest BCUT2D eigenvalue weighted by atomic mass is 32.2. The largest absolute Gasteiger partial charge is 0.494 e. The third kappa shape index (κ3) is 3.78. The molecule has 0 radical (unpaired) electrons. The summed E-state index contributed by atoms with van der Waals surface area (Å²) in [7, 11) is 0. The molecule has 0 saturated heterocycles. The molecule has 2 aliphatic heterocycles. The number of amidine groups is 2. The molecule has 5 rings (SSSR count). The average Bonchev–Trinajstić information content (AvgIpc) is 3.38. The third-order valence-electron chi connectivity index (χ3n) is 5.86. The lowest BCUT2D eigenvalue weighted by atomic mass is 10.1. The van der Waals surface area contributed by atoms with E-state index < -0.39 is 5.91 Å². The number of fused-ring (bicyclic) bond motifs is 1. The quantitative estimate of drug-likeness (QED) is 0.481. The average molecular weight is 469 g/mol. The van der Waals surface area contributed by atoms with E-state index in [4.69, 9.17) is 10.1 Å². The predicted octanol–water partition coefficient (Wildman–Crippen LogP) is 5.80. The van der Waals surface area contributed by atoms with Gasteiger partial charge < -0.3 is 9.30 Å². The van der Waals surface area contributed by atoms with Crippen molar-refractivity contribution in [3.05, 3.63) is 94.2 Å². The van der Waals surface area contributed by atoms with Gasteiger partial charge in [-0.05, 0) is 68.3 Å². The van der Waals surface area contributed by atoms with Crippen molar-refractivity contribution in [1.29, 1.82) is 5.41 Å². The summed E-state index contributed by atoms with van der Waals surface area (Å²) in [5.74, 6) is 0.579. The summed E-state index contributed by atoms with van der Waals surface area (Å²) in [6, 6.07) is 19.8. The zero-order valence-corrected chi connectivity index (χ0v) is 20.0. The van der Waals surface area contributed by atoms with Crippen LogP contribution in [0.5, 0.6) is 5.75 Å². The molecule has 0 aliphatic carbocycles. The molecule has 34 heavy (non-hydrogen) atoms. The van der Waals surface area contributed by atoms with Crippen LogP contribution in [-0.2, 0) is 4.79 Å². The fourth-order valence-corrected chi connectivity index (χ4v) is 5.15. The highest BCUT2D eigenvalue weighted by molar-refractivity contribution is 8.17. The zero-order valence-electron chi connectivity index (χ0n) is 19.2. The lowest BCUT2D eigenvalue weighted by molar-refractivity contribution is -0.114. The van der Waals surface area contributed by atoms with E-state index in [2.05, 4.69) is 9.56 Å². The van der Waals surface area contributed by atoms with Crippen molar-refractivity contribution < 1.29 is 9.53 Å². The van der Waals surface area contributed by atoms with E-state index in [9.17, 15) is 4.79 Å². The Morgan fingerprint density at radius 3 is 2.53 bits per heavy atom. The number of hydrogen-bond donors (Lipinski definition) is 1. The van der Waals surface area contributed by atoms with Crippen molar-refractivity contribution in [2.45, 2.75) is 20.8 Å². The summed E-state index contributed by atoms with van der Waals surface area (Å²) in [4.78, 5) is 18.9. The molecule has 6 nitrogen and oxygen atoms in total. The lowest BCUT2D eigenvalue weighted by Gasteiger charge is -2.26. The van der Waals surface area contributed by atoms with Crippen LogP contribution in [0.2, 0.25) is 0 Å². The molecule has 0 atom stereocenters. The number of hydrogen-bond acceptors (Lipinski definition) is 4. The van der Waals surface area contributed by atoms with E-state index in [-0.39, 0.29) is 11.4 Å². The van der Waals surface area contributed by atoms with Crippen molar-refractivity contribution in [2.75, 3.05) is 6.61 Å². The molecule has 2 aliphatic rings. The molecule has 0 fully saturated rings. The van der Waals surface area contributed by atoms with Gasteiger partial charge in [-0.25, -0.2) is 0 Å². The van der Waals surface area contributed by atoms with Gasteiger partial charge in [0.15, 0.2) is 5.17 Å². The van der Waals surface area contributed by atoms with Crippen molar-refractivity contribution >= 4 is 40.4 Å². The highest BCUT2D eigenvalue weighted by Crippen LogP contribution is 2.37. The first-order chi connectivity index (χ1) is 16.5. The number of nitrogens with zero attached hydrogens (tertiary/aromatic N) is 3. The summed E-state index contributed by atoms with van der Waals surface area (Å²) >= 11 is 1.37. The number of aryl methyl sites for hydroxylation is 1. The SMILES string of the molecule is CCOc1ccc(-n2c(C)cc(/C=C3/C(=N)N4C(c5ccccc5)=CSC4=NC3=O)c2C)cc1. The molecule has 0 spiro atoms. The summed E-state index contributed by atoms with van der Waals surface area (Å²) in [5.41, 5.74) is 6.03. The molecular formula is C27H24N4O2S. The van der Waals surface area contributed by atoms with Crippen LogP contribution in [0.1, 0.15) is 29.4 Å². The summed E-state index contributed by atoms with van der Waals surface area (Å²) in [6.07, 6.45) is 1.78. The van der Waals surface area contributed by atoms with Crippen LogP contribution >= 0.6 is 11.8 Å². The van der Waals surface area contributed by atoms with Crippen LogP contribution in [0.3, 0.4) is 0 Å². The second kappa shape index (κ2) is 8.83. The van der Waals surface area contributed by atoms with Crippen LogP contribution in [-0.4, -0.2) is 33.0 Å². The van der Waals surface area contributed by atoms with Gasteiger partial charge in [0.25, 0.3) is 5.91 Å². The molecule has 3 heterocycles. The topological polar surface area (TPSA) is 70.7 Å². The third-order valence-corrected chi connectivity index (χ3v) is 6.69. The van der Waals surface area contributed by atoms with Crippen LogP contribution < -0.4 is 4.74 Å². The first kappa shape index (κ1) is 22.0. The number of benzene rings is 2. The van der Waals surface area contributed by atoms with Crippen molar-refractivity contribution in [3.63, 3.8) is 0 Å². The lowest BCUT2D eigenvalue weighted by Crippen LogP contribution is -2.38. The van der Waals surface area contributed by atoms with Crippen LogP contribution in [0.4, 0.5) is 0 Å². The van der Waals surface area contributed by atoms with Gasteiger partial charge >= 0.3 is 0 Å². The molecule has 170 valence electrons. The predicted molar refractivity (Wildman–Crippen MR) is 138 cm³/mol. The number of nitrogens with one attached hydrogen (secondary N) is 1. The highest BCUT2D eigenvalue weighted by Gasteiger charge is 2.36. The van der Waals surface area contributed by atoms with Crippen molar-refractivity contribution in [3.8, 4) is 11.4 Å². The smallest absolute Gasteiger partial charge is 0.283 e. The minimum atomic E-state index is -0.391. The van der Waals surface area contributed by atoms with Crippen LogP contribution in [0, 0.1) is 19.3 Å². The Kier molecular flexibility index (Phi) is 5.71. The molecule has 0 unspecified atom stereocenters. The maximum atomic E-state index is 12.9. The molecule has 1 N–H and O–H groups in total. The number of aromatic nitrogens is 1. The monoisotopic (exact) mass is 468 g/mol. The number of carbonyl (C=O) groups excluding carboxylic acids is 1. The van der Waals surface area contributed by atoms with Crippen LogP contribution in [0.15, 0.2) is 76.6 Å². The molecule has 1 aromatic heterocycles. The van der Waals surface area contributed by atoms with Crippen molar-refractivity contribution in [2.24, 2.45) is 4.99 Å². The Hall–Kier alpha value is -3.84. The maximum Gasteiger partial charge on any atom is 0.283 e. The Balaban J connectivity index is 1.50. The number of amides is 1. The second-order valence-corrected chi connectivity index (χ2v) is 8.85. The fourth-order valence-electron chi connectivity index (χ4n) is 4.26. The van der Waals surface area contributed by atoms with Gasteiger partial charge in [-0.15, -0.1) is 0 Å². The fraction of sp³-hybridized carbons (Fsp3) is 0.148. The van der Waals surface area contributed by atoms with Gasteiger partial charge in [-0.3, -0.25) is 15.1 Å². The second-order valence-electron chi connectivity index (χ2n) is 8.02. The van der Waals surface area contributed by atoms with Gasteiger partial charge in [-0.1, -0.05) is 42.1 Å². The van der Waals surface area contributed by atoms with Crippen molar-refractivity contribution in [1.82, 2.24) is 9.47 Å². The minimum Gasteiger partial charge on any atom is -0.494 e. The van der Waals surface area contributed by atoms with Gasteiger partial charge in [0, 0.05) is 22.5 Å². The Morgan fingerprint density at radius 1 is 1.09 bits per heavy atom. The van der Waals surface area contributed by atoms with E-state index in [1.54, 1.807) is 11.0 Å². The first-order valence-corrected chi connectivity index (χ1v) is 11.9. The molecule has 1 amide bonds. The maximum absolute atomic E-state index is 12.9. The number of rotatable bonds is 5. The molecule has 0 bridgehead atoms. The minimum absolute atomic E-state index is 0.140. The Morgan fingerprint density at radius 2 is 1.82 bits per heavy atom. The number of carbonyl (C=O) groups is 1. The number of aliphatic imine (C=N–C) groups is 1. The normalized spacial score (nSPS) is 16.6. The first-order valence-electron chi connectivity index (χ1n) is 11.1. The van der Waals surface area contributed by atoms with E-state index in [0.717, 1.165) is 39.6 Å². The number of thioether (sulfide) groups is 1. The molecule has 0 saturated carbocycles. The summed E-state index contributed by atoms with van der Waals surface area (Å²) < 4.78 is 7.69. The Labute approximate surface area is 202 Å². The Bertz CT molecular complexity index is 1380. The molecule has 7 heteroatoms. The standard InChI is InChI=1S/C27H24N4O2S/c1-4-33-22-12-10-21(11-13-22)30-17(2)14-20(18(30)3)15-23-25(28)31-24(19-8-6-5-7-9-19)16-34-27(31)29-26(23)32/h5-16,28H,4H2,1-3H3/b23-15-,28-25?. The molecule has 3 aromatic rings. The van der Waals surface area contributed by atoms with E-state index in [1.165, 1.54) is 11.8 Å². The van der Waals surface area contributed by atoms with Gasteiger partial charge in [0.2, 0.25) is 0 Å². The van der Waals surface area contributed by atoms with E-state index in [1.807, 2.05) is 86.8 Å².